The number of ether oxygens (including phenoxy) is 1. The van der Waals surface area contributed by atoms with Crippen LogP contribution in [0.1, 0.15) is 38.8 Å². The van der Waals surface area contributed by atoms with Crippen LogP contribution in [0, 0.1) is 5.41 Å². The van der Waals surface area contributed by atoms with E-state index in [1.54, 1.807) is 0 Å². The number of nitrogens with one attached hydrogen (secondary N) is 1. The lowest BCUT2D eigenvalue weighted by Crippen LogP contribution is -2.62. The molecule has 110 valence electrons. The molecule has 0 radical (unpaired) electrons. The largest absolute Gasteiger partial charge is 0.378 e. The van der Waals surface area contributed by atoms with Crippen LogP contribution in [0.15, 0.2) is 30.3 Å². The summed E-state index contributed by atoms with van der Waals surface area (Å²) in [7, 11) is 0. The zero-order valence-electron chi connectivity index (χ0n) is 12.4. The molecular formula is C16H24N2O2. The first-order valence-electron chi connectivity index (χ1n) is 7.19. The summed E-state index contributed by atoms with van der Waals surface area (Å²) < 4.78 is 5.67. The molecular weight excluding hydrogens is 252 g/mol. The fourth-order valence-electron chi connectivity index (χ4n) is 2.69. The third-order valence-corrected chi connectivity index (χ3v) is 4.30. The lowest BCUT2D eigenvalue weighted by molar-refractivity contribution is -0.137. The Labute approximate surface area is 120 Å². The monoisotopic (exact) mass is 276 g/mol. The van der Waals surface area contributed by atoms with Crippen LogP contribution in [0.25, 0.3) is 0 Å². The van der Waals surface area contributed by atoms with Crippen molar-refractivity contribution in [1.29, 1.82) is 0 Å². The van der Waals surface area contributed by atoms with Crippen LogP contribution in [0.2, 0.25) is 0 Å². The Hall–Kier alpha value is -1.39. The molecule has 1 aliphatic rings. The van der Waals surface area contributed by atoms with Crippen molar-refractivity contribution in [1.82, 2.24) is 5.32 Å². The Balaban J connectivity index is 1.93. The summed E-state index contributed by atoms with van der Waals surface area (Å²) in [5, 5.41) is 3.05. The molecule has 1 aliphatic carbocycles. The molecule has 1 saturated carbocycles. The second-order valence-corrected chi connectivity index (χ2v) is 5.95. The van der Waals surface area contributed by atoms with Gasteiger partial charge in [-0.2, -0.15) is 0 Å². The van der Waals surface area contributed by atoms with E-state index in [1.807, 2.05) is 37.3 Å². The molecule has 0 aromatic heterocycles. The van der Waals surface area contributed by atoms with Crippen LogP contribution in [-0.2, 0) is 9.53 Å². The van der Waals surface area contributed by atoms with E-state index in [9.17, 15) is 4.79 Å². The summed E-state index contributed by atoms with van der Waals surface area (Å²) in [6.07, 6.45) is 1.07. The molecule has 1 amide bonds. The van der Waals surface area contributed by atoms with Crippen LogP contribution in [-0.4, -0.2) is 24.7 Å². The van der Waals surface area contributed by atoms with Gasteiger partial charge in [0.05, 0.1) is 6.10 Å². The summed E-state index contributed by atoms with van der Waals surface area (Å²) in [6.45, 7) is 6.94. The molecule has 3 atom stereocenters. The first kappa shape index (κ1) is 15.0. The summed E-state index contributed by atoms with van der Waals surface area (Å²) in [5.74, 6) is -0.121. The molecule has 2 rings (SSSR count). The maximum absolute atomic E-state index is 12.2. The quantitative estimate of drug-likeness (QED) is 0.864. The zero-order valence-corrected chi connectivity index (χ0v) is 12.4. The molecule has 3 N–H and O–H groups in total. The highest BCUT2D eigenvalue weighted by atomic mass is 16.5. The Morgan fingerprint density at radius 1 is 1.45 bits per heavy atom. The average molecular weight is 276 g/mol. The molecule has 20 heavy (non-hydrogen) atoms. The van der Waals surface area contributed by atoms with Gasteiger partial charge in [0.15, 0.2) is 0 Å². The van der Waals surface area contributed by atoms with Gasteiger partial charge in [-0.25, -0.2) is 0 Å². The van der Waals surface area contributed by atoms with E-state index in [2.05, 4.69) is 19.2 Å². The van der Waals surface area contributed by atoms with Crippen molar-refractivity contribution in [2.24, 2.45) is 11.1 Å². The van der Waals surface area contributed by atoms with Crippen LogP contribution in [0.5, 0.6) is 0 Å². The van der Waals surface area contributed by atoms with E-state index in [4.69, 9.17) is 10.5 Å². The van der Waals surface area contributed by atoms with Gasteiger partial charge in [-0.05, 0) is 18.9 Å². The van der Waals surface area contributed by atoms with E-state index in [-0.39, 0.29) is 23.5 Å². The maximum atomic E-state index is 12.2. The SMILES string of the molecule is CCOC1CC(NC(=O)C(N)c2ccccc2)C1(C)C. The van der Waals surface area contributed by atoms with Crippen molar-refractivity contribution in [3.8, 4) is 0 Å². The number of hydrogen-bond donors (Lipinski definition) is 2. The summed E-state index contributed by atoms with van der Waals surface area (Å²) in [5.41, 5.74) is 6.80. The van der Waals surface area contributed by atoms with Crippen molar-refractivity contribution in [3.63, 3.8) is 0 Å². The van der Waals surface area contributed by atoms with E-state index < -0.39 is 6.04 Å². The average Bonchev–Trinajstić information content (AvgIpc) is 2.46. The van der Waals surface area contributed by atoms with Crippen molar-refractivity contribution < 1.29 is 9.53 Å². The molecule has 1 aromatic rings. The van der Waals surface area contributed by atoms with Gasteiger partial charge in [-0.15, -0.1) is 0 Å². The smallest absolute Gasteiger partial charge is 0.241 e. The highest BCUT2D eigenvalue weighted by Crippen LogP contribution is 2.42. The summed E-state index contributed by atoms with van der Waals surface area (Å²) in [6, 6.07) is 8.95. The fourth-order valence-corrected chi connectivity index (χ4v) is 2.69. The van der Waals surface area contributed by atoms with Crippen molar-refractivity contribution in [2.45, 2.75) is 45.4 Å². The minimum absolute atomic E-state index is 0.0396. The van der Waals surface area contributed by atoms with Crippen molar-refractivity contribution in [3.05, 3.63) is 35.9 Å². The third-order valence-electron chi connectivity index (χ3n) is 4.30. The Bertz CT molecular complexity index is 459. The molecule has 4 nitrogen and oxygen atoms in total. The number of hydrogen-bond acceptors (Lipinski definition) is 3. The Morgan fingerprint density at radius 3 is 2.65 bits per heavy atom. The first-order valence-corrected chi connectivity index (χ1v) is 7.19. The zero-order chi connectivity index (χ0) is 14.8. The van der Waals surface area contributed by atoms with E-state index in [0.29, 0.717) is 6.61 Å². The van der Waals surface area contributed by atoms with Crippen LogP contribution >= 0.6 is 0 Å². The predicted octanol–water partition coefficient (Wildman–Crippen LogP) is 2.01. The topological polar surface area (TPSA) is 64.3 Å². The normalized spacial score (nSPS) is 25.6. The summed E-state index contributed by atoms with van der Waals surface area (Å²) >= 11 is 0. The van der Waals surface area contributed by atoms with Gasteiger partial charge in [-0.3, -0.25) is 4.79 Å². The van der Waals surface area contributed by atoms with Crippen LogP contribution in [0.3, 0.4) is 0 Å². The van der Waals surface area contributed by atoms with E-state index in [1.165, 1.54) is 0 Å². The van der Waals surface area contributed by atoms with Gasteiger partial charge in [0, 0.05) is 18.1 Å². The highest BCUT2D eigenvalue weighted by Gasteiger charge is 2.49. The predicted molar refractivity (Wildman–Crippen MR) is 79.1 cm³/mol. The molecule has 4 heteroatoms. The molecule has 0 aliphatic heterocycles. The molecule has 1 fully saturated rings. The molecule has 0 saturated heterocycles. The second-order valence-electron chi connectivity index (χ2n) is 5.95. The molecule has 0 spiro atoms. The van der Waals surface area contributed by atoms with Crippen molar-refractivity contribution >= 4 is 5.91 Å². The number of carbonyl (C=O) groups excluding carboxylic acids is 1. The minimum Gasteiger partial charge on any atom is -0.378 e. The number of benzene rings is 1. The first-order chi connectivity index (χ1) is 9.46. The van der Waals surface area contributed by atoms with Gasteiger partial charge in [0.1, 0.15) is 6.04 Å². The molecule has 3 unspecified atom stereocenters. The van der Waals surface area contributed by atoms with E-state index in [0.717, 1.165) is 12.0 Å². The van der Waals surface area contributed by atoms with Gasteiger partial charge < -0.3 is 15.8 Å². The van der Waals surface area contributed by atoms with Gasteiger partial charge in [0.25, 0.3) is 0 Å². The maximum Gasteiger partial charge on any atom is 0.241 e. The number of amides is 1. The van der Waals surface area contributed by atoms with Crippen LogP contribution < -0.4 is 11.1 Å². The minimum atomic E-state index is -0.613. The standard InChI is InChI=1S/C16H24N2O2/c1-4-20-13-10-12(16(13,2)3)18-15(19)14(17)11-8-6-5-7-9-11/h5-9,12-14H,4,10,17H2,1-3H3,(H,18,19). The third kappa shape index (κ3) is 2.86. The lowest BCUT2D eigenvalue weighted by atomic mass is 9.64. The fraction of sp³-hybridized carbons (Fsp3) is 0.562. The number of rotatable bonds is 5. The summed E-state index contributed by atoms with van der Waals surface area (Å²) in [4.78, 5) is 12.2. The van der Waals surface area contributed by atoms with Gasteiger partial charge in [-0.1, -0.05) is 44.2 Å². The number of nitrogens with two attached hydrogens (primary N) is 1. The Kier molecular flexibility index (Phi) is 4.45. The number of carbonyl (C=O) groups is 1. The van der Waals surface area contributed by atoms with Crippen LogP contribution in [0.4, 0.5) is 0 Å². The second kappa shape index (κ2) is 5.94. The van der Waals surface area contributed by atoms with Crippen molar-refractivity contribution in [2.75, 3.05) is 6.61 Å². The molecule has 0 bridgehead atoms. The van der Waals surface area contributed by atoms with Gasteiger partial charge in [0.2, 0.25) is 5.91 Å². The Morgan fingerprint density at radius 2 is 2.10 bits per heavy atom. The van der Waals surface area contributed by atoms with E-state index >= 15 is 0 Å². The highest BCUT2D eigenvalue weighted by molar-refractivity contribution is 5.83. The molecule has 0 heterocycles. The molecule has 1 aromatic carbocycles. The van der Waals surface area contributed by atoms with Gasteiger partial charge >= 0.3 is 0 Å². The lowest BCUT2D eigenvalue weighted by Gasteiger charge is -2.51.